The molecule has 3 rings (SSSR count). The maximum absolute atomic E-state index is 5.00. The second kappa shape index (κ2) is 6.30. The number of nitrogens with zero attached hydrogens (tertiary/aromatic N) is 2. The van der Waals surface area contributed by atoms with Gasteiger partial charge in [-0.15, -0.1) is 0 Å². The van der Waals surface area contributed by atoms with Gasteiger partial charge >= 0.3 is 0 Å². The molecule has 0 radical (unpaired) electrons. The Balaban J connectivity index is 1.94. The smallest absolute Gasteiger partial charge is 0.109 e. The fourth-order valence-electron chi connectivity index (χ4n) is 3.85. The number of fused-ring (bicyclic) bond motifs is 1. The Labute approximate surface area is 123 Å². The average molecular weight is 275 g/mol. The highest BCUT2D eigenvalue weighted by Gasteiger charge is 2.25. The Bertz CT molecular complexity index is 439. The van der Waals surface area contributed by atoms with Crippen molar-refractivity contribution in [3.05, 3.63) is 17.2 Å². The van der Waals surface area contributed by atoms with E-state index in [4.69, 9.17) is 4.98 Å². The Morgan fingerprint density at radius 3 is 2.65 bits per heavy atom. The Morgan fingerprint density at radius 2 is 1.95 bits per heavy atom. The lowest BCUT2D eigenvalue weighted by Gasteiger charge is -2.24. The normalized spacial score (nSPS) is 20.9. The summed E-state index contributed by atoms with van der Waals surface area (Å²) in [7, 11) is 0. The lowest BCUT2D eigenvalue weighted by atomic mass is 10.1. The summed E-state index contributed by atoms with van der Waals surface area (Å²) in [6.45, 7) is 6.71. The lowest BCUT2D eigenvalue weighted by molar-refractivity contribution is 0.406. The highest BCUT2D eigenvalue weighted by atomic mass is 15.1. The minimum absolute atomic E-state index is 0.691. The van der Waals surface area contributed by atoms with Crippen molar-refractivity contribution in [3.63, 3.8) is 0 Å². The highest BCUT2D eigenvalue weighted by molar-refractivity contribution is 5.21. The van der Waals surface area contributed by atoms with E-state index < -0.39 is 0 Å². The molecular formula is C17H29N3. The molecule has 20 heavy (non-hydrogen) atoms. The molecule has 1 N–H and O–H groups in total. The van der Waals surface area contributed by atoms with Gasteiger partial charge in [0.05, 0.1) is 5.69 Å². The number of hydrogen-bond donors (Lipinski definition) is 1. The number of nitrogens with one attached hydrogen (secondary N) is 1. The first kappa shape index (κ1) is 14.1. The predicted octanol–water partition coefficient (Wildman–Crippen LogP) is 3.62. The van der Waals surface area contributed by atoms with Gasteiger partial charge in [-0.2, -0.15) is 0 Å². The van der Waals surface area contributed by atoms with Crippen molar-refractivity contribution in [3.8, 4) is 0 Å². The molecule has 1 aliphatic heterocycles. The van der Waals surface area contributed by atoms with Crippen LogP contribution in [0.5, 0.6) is 0 Å². The molecule has 0 saturated heterocycles. The topological polar surface area (TPSA) is 29.9 Å². The number of hydrogen-bond acceptors (Lipinski definition) is 2. The van der Waals surface area contributed by atoms with E-state index in [9.17, 15) is 0 Å². The van der Waals surface area contributed by atoms with Crippen molar-refractivity contribution in [1.29, 1.82) is 0 Å². The van der Waals surface area contributed by atoms with Crippen LogP contribution < -0.4 is 5.32 Å². The molecule has 112 valence electrons. The minimum Gasteiger partial charge on any atom is -0.329 e. The van der Waals surface area contributed by atoms with Crippen molar-refractivity contribution < 1.29 is 0 Å². The van der Waals surface area contributed by atoms with E-state index in [0.717, 1.165) is 32.0 Å². The van der Waals surface area contributed by atoms with Crippen LogP contribution in [0.25, 0.3) is 0 Å². The van der Waals surface area contributed by atoms with Crippen LogP contribution in [0, 0.1) is 5.92 Å². The van der Waals surface area contributed by atoms with Crippen molar-refractivity contribution in [2.45, 2.75) is 77.8 Å². The van der Waals surface area contributed by atoms with Crippen molar-refractivity contribution in [1.82, 2.24) is 14.9 Å². The number of aromatic nitrogens is 2. The van der Waals surface area contributed by atoms with Gasteiger partial charge in [0.2, 0.25) is 0 Å². The summed E-state index contributed by atoms with van der Waals surface area (Å²) in [6.07, 6.45) is 10.7. The summed E-state index contributed by atoms with van der Waals surface area (Å²) in [5.74, 6) is 2.05. The molecule has 1 aliphatic carbocycles. The van der Waals surface area contributed by atoms with Gasteiger partial charge in [-0.1, -0.05) is 39.5 Å². The third-order valence-electron chi connectivity index (χ3n) is 4.78. The van der Waals surface area contributed by atoms with E-state index in [1.807, 2.05) is 0 Å². The summed E-state index contributed by atoms with van der Waals surface area (Å²) in [5.41, 5.74) is 2.88. The van der Waals surface area contributed by atoms with Gasteiger partial charge in [0.15, 0.2) is 0 Å². The van der Waals surface area contributed by atoms with Crippen LogP contribution in [-0.2, 0) is 19.4 Å². The Kier molecular flexibility index (Phi) is 4.45. The summed E-state index contributed by atoms with van der Waals surface area (Å²) < 4.78 is 2.67. The maximum atomic E-state index is 5.00. The largest absolute Gasteiger partial charge is 0.329 e. The SMILES string of the molecule is CC(C)Cc1nc2c(n1C1CCCCCC1)CCNC2. The zero-order valence-corrected chi connectivity index (χ0v) is 13.1. The molecule has 1 aromatic heterocycles. The lowest BCUT2D eigenvalue weighted by Crippen LogP contribution is -2.26. The van der Waals surface area contributed by atoms with Gasteiger partial charge in [0.1, 0.15) is 5.82 Å². The molecule has 1 fully saturated rings. The maximum Gasteiger partial charge on any atom is 0.109 e. The Hall–Kier alpha value is -0.830. The first-order valence-electron chi connectivity index (χ1n) is 8.55. The van der Waals surface area contributed by atoms with Gasteiger partial charge in [-0.25, -0.2) is 4.98 Å². The van der Waals surface area contributed by atoms with Gasteiger partial charge in [0.25, 0.3) is 0 Å². The van der Waals surface area contributed by atoms with Crippen molar-refractivity contribution in [2.75, 3.05) is 6.54 Å². The standard InChI is InChI=1S/C17H29N3/c1-13(2)11-17-19-15-12-18-10-9-16(15)20(17)14-7-5-3-4-6-8-14/h13-14,18H,3-12H2,1-2H3. The average Bonchev–Trinajstić information content (AvgIpc) is 2.61. The zero-order chi connectivity index (χ0) is 13.9. The fourth-order valence-corrected chi connectivity index (χ4v) is 3.85. The molecule has 2 aliphatic rings. The highest BCUT2D eigenvalue weighted by Crippen LogP contribution is 2.32. The molecule has 0 unspecified atom stereocenters. The predicted molar refractivity (Wildman–Crippen MR) is 82.9 cm³/mol. The van der Waals surface area contributed by atoms with Crippen molar-refractivity contribution >= 4 is 0 Å². The summed E-state index contributed by atoms with van der Waals surface area (Å²) in [4.78, 5) is 5.00. The molecule has 2 heterocycles. The zero-order valence-electron chi connectivity index (χ0n) is 13.1. The third kappa shape index (κ3) is 2.93. The second-order valence-corrected chi connectivity index (χ2v) is 6.96. The second-order valence-electron chi connectivity index (χ2n) is 6.96. The van der Waals surface area contributed by atoms with Crippen LogP contribution in [0.4, 0.5) is 0 Å². The van der Waals surface area contributed by atoms with E-state index in [1.54, 1.807) is 5.69 Å². The van der Waals surface area contributed by atoms with E-state index in [1.165, 1.54) is 50.0 Å². The monoisotopic (exact) mass is 275 g/mol. The molecule has 0 amide bonds. The van der Waals surface area contributed by atoms with Crippen LogP contribution in [-0.4, -0.2) is 16.1 Å². The minimum atomic E-state index is 0.691. The fraction of sp³-hybridized carbons (Fsp3) is 0.824. The Morgan fingerprint density at radius 1 is 1.20 bits per heavy atom. The summed E-state index contributed by atoms with van der Waals surface area (Å²) >= 11 is 0. The molecule has 3 nitrogen and oxygen atoms in total. The van der Waals surface area contributed by atoms with E-state index in [0.29, 0.717) is 5.92 Å². The first-order valence-corrected chi connectivity index (χ1v) is 8.55. The summed E-state index contributed by atoms with van der Waals surface area (Å²) in [5, 5.41) is 3.47. The van der Waals surface area contributed by atoms with Crippen LogP contribution in [0.1, 0.15) is 75.6 Å². The van der Waals surface area contributed by atoms with Crippen LogP contribution in [0.3, 0.4) is 0 Å². The molecule has 0 atom stereocenters. The summed E-state index contributed by atoms with van der Waals surface area (Å²) in [6, 6.07) is 0.723. The molecule has 1 aromatic rings. The van der Waals surface area contributed by atoms with E-state index in [-0.39, 0.29) is 0 Å². The molecule has 0 spiro atoms. The van der Waals surface area contributed by atoms with Crippen LogP contribution in [0.15, 0.2) is 0 Å². The molecule has 0 aromatic carbocycles. The van der Waals surface area contributed by atoms with Gasteiger partial charge in [-0.3, -0.25) is 0 Å². The van der Waals surface area contributed by atoms with Gasteiger partial charge < -0.3 is 9.88 Å². The molecular weight excluding hydrogens is 246 g/mol. The first-order chi connectivity index (χ1) is 9.75. The molecule has 1 saturated carbocycles. The molecule has 3 heteroatoms. The van der Waals surface area contributed by atoms with Crippen molar-refractivity contribution in [2.24, 2.45) is 5.92 Å². The van der Waals surface area contributed by atoms with Gasteiger partial charge in [-0.05, 0) is 18.8 Å². The van der Waals surface area contributed by atoms with E-state index in [2.05, 4.69) is 23.7 Å². The number of imidazole rings is 1. The number of rotatable bonds is 3. The molecule has 0 bridgehead atoms. The van der Waals surface area contributed by atoms with Gasteiger partial charge in [0, 0.05) is 37.7 Å². The quantitative estimate of drug-likeness (QED) is 0.854. The van der Waals surface area contributed by atoms with Crippen LogP contribution in [0.2, 0.25) is 0 Å². The van der Waals surface area contributed by atoms with Crippen LogP contribution >= 0.6 is 0 Å². The van der Waals surface area contributed by atoms with E-state index >= 15 is 0 Å². The third-order valence-corrected chi connectivity index (χ3v) is 4.78.